The van der Waals surface area contributed by atoms with Gasteiger partial charge in [-0.3, -0.25) is 0 Å². The van der Waals surface area contributed by atoms with Gasteiger partial charge in [-0.05, 0) is 0 Å². The van der Waals surface area contributed by atoms with Crippen LogP contribution in [0.4, 0.5) is 0 Å². The third-order valence-electron chi connectivity index (χ3n) is 1.24. The summed E-state index contributed by atoms with van der Waals surface area (Å²) in [7, 11) is 1.67. The minimum Gasteiger partial charge on any atom is -0.522 e. The van der Waals surface area contributed by atoms with Crippen LogP contribution in [0.1, 0.15) is 5.56 Å². The average molecular weight is 144 g/mol. The fourth-order valence-electron chi connectivity index (χ4n) is 0.729. The van der Waals surface area contributed by atoms with E-state index in [1.165, 1.54) is 0 Å². The van der Waals surface area contributed by atoms with E-state index < -0.39 is 0 Å². The van der Waals surface area contributed by atoms with Crippen LogP contribution in [-0.2, 0) is 0 Å². The van der Waals surface area contributed by atoms with Crippen molar-refractivity contribution < 1.29 is 34.3 Å². The van der Waals surface area contributed by atoms with Gasteiger partial charge in [0.1, 0.15) is 0 Å². The Morgan fingerprint density at radius 2 is 2.20 bits per heavy atom. The first-order valence-electron chi connectivity index (χ1n) is 2.85. The maximum atomic E-state index is 5.02. The van der Waals surface area contributed by atoms with Crippen molar-refractivity contribution in [1.82, 2.24) is 0 Å². The Bertz CT molecular complexity index is 198. The van der Waals surface area contributed by atoms with E-state index in [0.29, 0.717) is 0 Å². The van der Waals surface area contributed by atoms with E-state index in [0.717, 1.165) is 11.3 Å². The molecule has 0 aromatic heterocycles. The van der Waals surface area contributed by atoms with Crippen LogP contribution in [0.25, 0.3) is 0 Å². The summed E-state index contributed by atoms with van der Waals surface area (Å²) in [6, 6.07) is 8.59. The molecule has 0 aliphatic rings. The van der Waals surface area contributed by atoms with Gasteiger partial charge in [-0.15, -0.1) is 11.6 Å². The predicted molar refractivity (Wildman–Crippen MR) is 36.6 cm³/mol. The molecule has 0 bridgehead atoms. The van der Waals surface area contributed by atoms with Crippen LogP contribution >= 0.6 is 0 Å². The zero-order valence-electron chi connectivity index (χ0n) is 6.64. The van der Waals surface area contributed by atoms with E-state index in [1.54, 1.807) is 7.11 Å². The van der Waals surface area contributed by atoms with Gasteiger partial charge in [0.25, 0.3) is 0 Å². The van der Waals surface area contributed by atoms with Crippen LogP contribution in [0.15, 0.2) is 18.2 Å². The molecule has 0 aliphatic carbocycles. The molecule has 1 nitrogen and oxygen atoms in total. The third-order valence-corrected chi connectivity index (χ3v) is 1.24. The molecule has 0 saturated heterocycles. The van der Waals surface area contributed by atoms with Gasteiger partial charge in [-0.1, -0.05) is 6.92 Å². The summed E-state index contributed by atoms with van der Waals surface area (Å²) in [5.74, 6) is 0.925. The van der Waals surface area contributed by atoms with E-state index in [-0.39, 0.29) is 29.6 Å². The van der Waals surface area contributed by atoms with Gasteiger partial charge in [0.05, 0.1) is 7.11 Å². The van der Waals surface area contributed by atoms with Crippen molar-refractivity contribution in [3.63, 3.8) is 0 Å². The van der Waals surface area contributed by atoms with Crippen molar-refractivity contribution in [3.8, 4) is 5.75 Å². The van der Waals surface area contributed by atoms with Crippen LogP contribution in [0.2, 0.25) is 0 Å². The third kappa shape index (κ3) is 2.33. The van der Waals surface area contributed by atoms with E-state index >= 15 is 0 Å². The van der Waals surface area contributed by atoms with Crippen molar-refractivity contribution in [2.24, 2.45) is 0 Å². The maximum Gasteiger partial charge on any atom is 1.00 e. The molecule has 0 N–H and O–H groups in total. The first-order chi connectivity index (χ1) is 4.34. The summed E-state index contributed by atoms with van der Waals surface area (Å²) in [5, 5.41) is 0. The molecule has 10 heavy (non-hydrogen) atoms. The second-order valence-electron chi connectivity index (χ2n) is 1.90. The summed E-state index contributed by atoms with van der Waals surface area (Å²) in [6.45, 7) is 2.00. The maximum absolute atomic E-state index is 5.02. The number of hydrogen-bond donors (Lipinski definition) is 0. The van der Waals surface area contributed by atoms with Crippen LogP contribution in [-0.4, -0.2) is 7.11 Å². The summed E-state index contributed by atoms with van der Waals surface area (Å²) < 4.78 is 5.02. The second-order valence-corrected chi connectivity index (χ2v) is 1.90. The monoisotopic (exact) mass is 144 g/mol. The molecule has 1 aromatic rings. The van der Waals surface area contributed by atoms with Crippen molar-refractivity contribution in [1.29, 1.82) is 0 Å². The van der Waals surface area contributed by atoms with Gasteiger partial charge in [0, 0.05) is 5.75 Å². The zero-order valence-corrected chi connectivity index (χ0v) is 8.64. The first-order valence-corrected chi connectivity index (χ1v) is 2.85. The summed E-state index contributed by atoms with van der Waals surface area (Å²) in [6.07, 6.45) is 0. The minimum atomic E-state index is 0. The molecule has 0 fully saturated rings. The molecule has 1 rings (SSSR count). The average Bonchev–Trinajstić information content (AvgIpc) is 1.89. The molecule has 0 atom stereocenters. The van der Waals surface area contributed by atoms with Crippen LogP contribution in [0.3, 0.4) is 0 Å². The van der Waals surface area contributed by atoms with Crippen LogP contribution < -0.4 is 34.3 Å². The van der Waals surface area contributed by atoms with Gasteiger partial charge < -0.3 is 4.74 Å². The Morgan fingerprint density at radius 3 is 2.60 bits per heavy atom. The Labute approximate surface area is 83.7 Å². The van der Waals surface area contributed by atoms with Gasteiger partial charge >= 0.3 is 29.6 Å². The van der Waals surface area contributed by atoms with Crippen LogP contribution in [0.5, 0.6) is 5.75 Å². The normalized spacial score (nSPS) is 8.20. The molecule has 0 radical (unpaired) electrons. The number of hydrogen-bond acceptors (Lipinski definition) is 1. The molecule has 0 unspecified atom stereocenters. The Kier molecular flexibility index (Phi) is 4.79. The van der Waals surface area contributed by atoms with Crippen molar-refractivity contribution in [3.05, 3.63) is 29.8 Å². The number of methoxy groups -OCH3 is 1. The second kappa shape index (κ2) is 4.78. The van der Waals surface area contributed by atoms with Crippen molar-refractivity contribution in [2.75, 3.05) is 7.11 Å². The number of benzene rings is 1. The first kappa shape index (κ1) is 10.0. The smallest absolute Gasteiger partial charge is 0.522 e. The quantitative estimate of drug-likeness (QED) is 0.355. The zero-order chi connectivity index (χ0) is 6.69. The van der Waals surface area contributed by atoms with Gasteiger partial charge in [0.2, 0.25) is 0 Å². The number of aryl methyl sites for hydroxylation is 1. The summed E-state index contributed by atoms with van der Waals surface area (Å²) in [5.41, 5.74) is 1.12. The van der Waals surface area contributed by atoms with Crippen molar-refractivity contribution in [2.45, 2.75) is 6.92 Å². The molecule has 0 aliphatic heterocycles. The standard InChI is InChI=1S/C8H9O.Na/c1-7-5-3-4-6-8(7)9-2;/h4-6H,1-2H3;/q-1;+1. The molecule has 0 saturated carbocycles. The number of rotatable bonds is 1. The largest absolute Gasteiger partial charge is 1.00 e. The van der Waals surface area contributed by atoms with Crippen LogP contribution in [0, 0.1) is 13.0 Å². The molecule has 0 amide bonds. The van der Waals surface area contributed by atoms with Crippen molar-refractivity contribution >= 4 is 0 Å². The molecule has 2 heteroatoms. The topological polar surface area (TPSA) is 9.23 Å². The van der Waals surface area contributed by atoms with E-state index in [1.807, 2.05) is 25.1 Å². The number of ether oxygens (including phenoxy) is 1. The Balaban J connectivity index is 0.000000810. The SMILES string of the molecule is COc1cc[c-]cc1C.[Na+]. The molecule has 0 spiro atoms. The van der Waals surface area contributed by atoms with Gasteiger partial charge in [0.15, 0.2) is 0 Å². The molecular formula is C8H9NaO. The molecule has 0 heterocycles. The minimum absolute atomic E-state index is 0. The van der Waals surface area contributed by atoms with Gasteiger partial charge in [-0.2, -0.15) is 18.2 Å². The summed E-state index contributed by atoms with van der Waals surface area (Å²) in [4.78, 5) is 0. The molecular weight excluding hydrogens is 135 g/mol. The Hall–Kier alpha value is 0.0200. The molecule has 1 aromatic carbocycles. The van der Waals surface area contributed by atoms with E-state index in [2.05, 4.69) is 6.07 Å². The summed E-state index contributed by atoms with van der Waals surface area (Å²) >= 11 is 0. The Morgan fingerprint density at radius 1 is 1.50 bits per heavy atom. The molecule has 48 valence electrons. The predicted octanol–water partition coefficient (Wildman–Crippen LogP) is -1.19. The fraction of sp³-hybridized carbons (Fsp3) is 0.250. The fourth-order valence-corrected chi connectivity index (χ4v) is 0.729. The van der Waals surface area contributed by atoms with E-state index in [9.17, 15) is 0 Å². The van der Waals surface area contributed by atoms with Gasteiger partial charge in [-0.25, -0.2) is 0 Å². The van der Waals surface area contributed by atoms with E-state index in [4.69, 9.17) is 4.74 Å².